The molecule has 0 unspecified atom stereocenters. The highest BCUT2D eigenvalue weighted by atomic mass is 32.2. The first-order chi connectivity index (χ1) is 14.2. The molecule has 0 saturated heterocycles. The first-order valence-corrected chi connectivity index (χ1v) is 11.3. The minimum absolute atomic E-state index is 0.0631. The van der Waals surface area contributed by atoms with Crippen LogP contribution in [0.1, 0.15) is 43.6 Å². The second-order valence-electron chi connectivity index (χ2n) is 7.80. The molecule has 156 valence electrons. The number of amides is 1. The monoisotopic (exact) mass is 440 g/mol. The van der Waals surface area contributed by atoms with E-state index in [0.717, 1.165) is 10.0 Å². The standard InChI is InChI=1S/C22H24N4O2S2/c1-14(27)23-17-6-5-7-18(12-17)24-20-25-26-21(30-20)29-13-19(28)15-8-10-16(11-9-15)22(2,3)4/h5-12H,13H2,1-4H3,(H,23,27)(H,24,25). The van der Waals surface area contributed by atoms with Gasteiger partial charge < -0.3 is 10.6 Å². The van der Waals surface area contributed by atoms with E-state index in [-0.39, 0.29) is 17.1 Å². The van der Waals surface area contributed by atoms with Crippen molar-refractivity contribution in [3.8, 4) is 0 Å². The number of hydrogen-bond donors (Lipinski definition) is 2. The summed E-state index contributed by atoms with van der Waals surface area (Å²) in [5.74, 6) is 0.245. The van der Waals surface area contributed by atoms with Crippen LogP contribution in [-0.2, 0) is 10.2 Å². The summed E-state index contributed by atoms with van der Waals surface area (Å²) in [5, 5.41) is 14.8. The molecule has 0 spiro atoms. The van der Waals surface area contributed by atoms with Crippen LogP contribution in [0.2, 0.25) is 0 Å². The van der Waals surface area contributed by atoms with Crippen molar-refractivity contribution >= 4 is 51.3 Å². The molecule has 0 aliphatic rings. The molecule has 0 saturated carbocycles. The Morgan fingerprint density at radius 2 is 1.73 bits per heavy atom. The molecule has 0 atom stereocenters. The van der Waals surface area contributed by atoms with Crippen molar-refractivity contribution in [2.75, 3.05) is 16.4 Å². The Kier molecular flexibility index (Phi) is 6.89. The van der Waals surface area contributed by atoms with Crippen molar-refractivity contribution in [2.45, 2.75) is 37.4 Å². The molecule has 8 heteroatoms. The summed E-state index contributed by atoms with van der Waals surface area (Å²) in [6.07, 6.45) is 0. The maximum Gasteiger partial charge on any atom is 0.221 e. The number of carbonyl (C=O) groups is 2. The zero-order valence-electron chi connectivity index (χ0n) is 17.4. The van der Waals surface area contributed by atoms with Crippen molar-refractivity contribution in [1.29, 1.82) is 0 Å². The van der Waals surface area contributed by atoms with E-state index in [1.165, 1.54) is 35.6 Å². The number of rotatable bonds is 7. The van der Waals surface area contributed by atoms with E-state index < -0.39 is 0 Å². The fourth-order valence-corrected chi connectivity index (χ4v) is 4.35. The molecular formula is C22H24N4O2S2. The molecule has 0 aliphatic heterocycles. The van der Waals surface area contributed by atoms with Crippen molar-refractivity contribution in [3.05, 3.63) is 59.7 Å². The summed E-state index contributed by atoms with van der Waals surface area (Å²) in [6, 6.07) is 15.2. The van der Waals surface area contributed by atoms with Gasteiger partial charge in [-0.05, 0) is 29.2 Å². The molecule has 0 bridgehead atoms. The summed E-state index contributed by atoms with van der Waals surface area (Å²) < 4.78 is 0.718. The average molecular weight is 441 g/mol. The highest BCUT2D eigenvalue weighted by Gasteiger charge is 2.15. The maximum absolute atomic E-state index is 12.5. The van der Waals surface area contributed by atoms with E-state index in [9.17, 15) is 9.59 Å². The molecule has 30 heavy (non-hydrogen) atoms. The Hall–Kier alpha value is -2.71. The Morgan fingerprint density at radius 1 is 1.03 bits per heavy atom. The number of benzene rings is 2. The van der Waals surface area contributed by atoms with Crippen LogP contribution < -0.4 is 10.6 Å². The van der Waals surface area contributed by atoms with Crippen molar-refractivity contribution in [3.63, 3.8) is 0 Å². The molecule has 1 aromatic heterocycles. The van der Waals surface area contributed by atoms with Gasteiger partial charge in [0.2, 0.25) is 11.0 Å². The van der Waals surface area contributed by atoms with E-state index in [1.54, 1.807) is 0 Å². The van der Waals surface area contributed by atoms with Crippen LogP contribution in [0.25, 0.3) is 0 Å². The van der Waals surface area contributed by atoms with Gasteiger partial charge in [0.25, 0.3) is 0 Å². The number of aromatic nitrogens is 2. The van der Waals surface area contributed by atoms with E-state index in [0.29, 0.717) is 22.1 Å². The Balaban J connectivity index is 1.57. The SMILES string of the molecule is CC(=O)Nc1cccc(Nc2nnc(SCC(=O)c3ccc(C(C)(C)C)cc3)s2)c1. The lowest BCUT2D eigenvalue weighted by Gasteiger charge is -2.18. The highest BCUT2D eigenvalue weighted by Crippen LogP contribution is 2.29. The number of anilines is 3. The van der Waals surface area contributed by atoms with Gasteiger partial charge in [0, 0.05) is 23.9 Å². The van der Waals surface area contributed by atoms with Gasteiger partial charge in [-0.25, -0.2) is 0 Å². The van der Waals surface area contributed by atoms with Crippen molar-refractivity contribution in [2.24, 2.45) is 0 Å². The number of nitrogens with zero attached hydrogens (tertiary/aromatic N) is 2. The number of Topliss-reactive ketones (excluding diaryl/α,β-unsaturated/α-hetero) is 1. The predicted molar refractivity (Wildman–Crippen MR) is 124 cm³/mol. The molecule has 2 aromatic carbocycles. The van der Waals surface area contributed by atoms with Crippen LogP contribution in [0.5, 0.6) is 0 Å². The average Bonchev–Trinajstić information content (AvgIpc) is 3.12. The van der Waals surface area contributed by atoms with Gasteiger partial charge in [-0.3, -0.25) is 9.59 Å². The lowest BCUT2D eigenvalue weighted by molar-refractivity contribution is -0.114. The van der Waals surface area contributed by atoms with Gasteiger partial charge >= 0.3 is 0 Å². The first-order valence-electron chi connectivity index (χ1n) is 9.45. The number of ketones is 1. The number of carbonyl (C=O) groups excluding carboxylic acids is 2. The molecule has 6 nitrogen and oxygen atoms in total. The third-order valence-corrected chi connectivity index (χ3v) is 6.21. The van der Waals surface area contributed by atoms with E-state index in [1.807, 2.05) is 48.5 Å². The molecule has 0 radical (unpaired) electrons. The minimum atomic E-state index is -0.125. The lowest BCUT2D eigenvalue weighted by atomic mass is 9.86. The molecule has 1 heterocycles. The molecular weight excluding hydrogens is 416 g/mol. The molecule has 0 fully saturated rings. The van der Waals surface area contributed by atoms with Crippen LogP contribution in [0, 0.1) is 0 Å². The highest BCUT2D eigenvalue weighted by molar-refractivity contribution is 8.01. The summed E-state index contributed by atoms with van der Waals surface area (Å²) in [5.41, 5.74) is 3.47. The number of hydrogen-bond acceptors (Lipinski definition) is 7. The Bertz CT molecular complexity index is 1040. The number of nitrogens with one attached hydrogen (secondary N) is 2. The third kappa shape index (κ3) is 6.14. The summed E-state index contributed by atoms with van der Waals surface area (Å²) in [6.45, 7) is 7.92. The van der Waals surface area contributed by atoms with Crippen molar-refractivity contribution < 1.29 is 9.59 Å². The third-order valence-electron chi connectivity index (χ3n) is 4.24. The van der Waals surface area contributed by atoms with Gasteiger partial charge in [0.1, 0.15) is 0 Å². The number of thioether (sulfide) groups is 1. The zero-order chi connectivity index (χ0) is 21.7. The zero-order valence-corrected chi connectivity index (χ0v) is 19.0. The van der Waals surface area contributed by atoms with E-state index >= 15 is 0 Å². The first kappa shape index (κ1) is 22.0. The molecule has 0 aliphatic carbocycles. The fraction of sp³-hybridized carbons (Fsp3) is 0.273. The largest absolute Gasteiger partial charge is 0.330 e. The topological polar surface area (TPSA) is 84.0 Å². The molecule has 1 amide bonds. The quantitative estimate of drug-likeness (QED) is 0.372. The van der Waals surface area contributed by atoms with Gasteiger partial charge in [-0.2, -0.15) is 0 Å². The second kappa shape index (κ2) is 9.40. The van der Waals surface area contributed by atoms with Gasteiger partial charge in [-0.15, -0.1) is 10.2 Å². The van der Waals surface area contributed by atoms with Gasteiger partial charge in [0.05, 0.1) is 5.75 Å². The van der Waals surface area contributed by atoms with Crippen LogP contribution in [0.15, 0.2) is 52.9 Å². The van der Waals surface area contributed by atoms with Crippen molar-refractivity contribution in [1.82, 2.24) is 10.2 Å². The molecule has 3 aromatic rings. The predicted octanol–water partition coefficient (Wildman–Crippen LogP) is 5.51. The molecule has 2 N–H and O–H groups in total. The summed E-state index contributed by atoms with van der Waals surface area (Å²) in [7, 11) is 0. The van der Waals surface area contributed by atoms with E-state index in [2.05, 4.69) is 41.6 Å². The Labute approximate surface area is 184 Å². The molecule has 3 rings (SSSR count). The normalized spacial score (nSPS) is 11.2. The second-order valence-corrected chi connectivity index (χ2v) is 10.00. The lowest BCUT2D eigenvalue weighted by Crippen LogP contribution is -2.11. The fourth-order valence-electron chi connectivity index (χ4n) is 2.69. The van der Waals surface area contributed by atoms with Gasteiger partial charge in [-0.1, -0.05) is 74.2 Å². The summed E-state index contributed by atoms with van der Waals surface area (Å²) >= 11 is 2.75. The smallest absolute Gasteiger partial charge is 0.221 e. The van der Waals surface area contributed by atoms with Crippen LogP contribution in [-0.4, -0.2) is 27.6 Å². The minimum Gasteiger partial charge on any atom is -0.330 e. The van der Waals surface area contributed by atoms with E-state index in [4.69, 9.17) is 0 Å². The maximum atomic E-state index is 12.5. The van der Waals surface area contributed by atoms with Crippen LogP contribution >= 0.6 is 23.1 Å². The van der Waals surface area contributed by atoms with Crippen LogP contribution in [0.3, 0.4) is 0 Å². The Morgan fingerprint density at radius 3 is 2.40 bits per heavy atom. The van der Waals surface area contributed by atoms with Gasteiger partial charge in [0.15, 0.2) is 10.1 Å². The van der Waals surface area contributed by atoms with Crippen LogP contribution in [0.4, 0.5) is 16.5 Å². The summed E-state index contributed by atoms with van der Waals surface area (Å²) in [4.78, 5) is 23.7.